The van der Waals surface area contributed by atoms with Gasteiger partial charge in [0, 0.05) is 45.4 Å². The van der Waals surface area contributed by atoms with Gasteiger partial charge in [0.15, 0.2) is 0 Å². The molecule has 0 bridgehead atoms. The number of anilines is 2. The third kappa shape index (κ3) is 5.32. The zero-order chi connectivity index (χ0) is 23.6. The Bertz CT molecular complexity index is 924. The first-order valence-corrected chi connectivity index (χ1v) is 12.2. The Kier molecular flexibility index (Phi) is 6.94. The number of benzene rings is 1. The second-order valence-corrected chi connectivity index (χ2v) is 10.4. The summed E-state index contributed by atoms with van der Waals surface area (Å²) in [5.74, 6) is 3.03. The van der Waals surface area contributed by atoms with Gasteiger partial charge in [0.25, 0.3) is 5.91 Å². The van der Waals surface area contributed by atoms with Crippen LogP contribution in [-0.2, 0) is 10.2 Å². The Labute approximate surface area is 198 Å². The third-order valence-electron chi connectivity index (χ3n) is 7.22. The van der Waals surface area contributed by atoms with Crippen molar-refractivity contribution in [3.8, 4) is 0 Å². The Balaban J connectivity index is 1.24. The van der Waals surface area contributed by atoms with Crippen LogP contribution in [0.25, 0.3) is 0 Å². The van der Waals surface area contributed by atoms with Crippen molar-refractivity contribution in [2.75, 3.05) is 56.7 Å². The van der Waals surface area contributed by atoms with Crippen molar-refractivity contribution in [2.24, 2.45) is 17.8 Å². The standard InChI is InChI=1S/C27H38N4O2/c1-6-30(13-14-33-5)25-12-11-21(15-29-25)28-16-22-23-17-31(18-24(22)23)26(32)19-7-9-20(10-8-19)27(2,3)4/h7-12,15,22-24,28H,6,13-14,16-18H2,1-5H3. The van der Waals surface area contributed by atoms with Crippen molar-refractivity contribution >= 4 is 17.4 Å². The summed E-state index contributed by atoms with van der Waals surface area (Å²) in [4.78, 5) is 21.8. The van der Waals surface area contributed by atoms with Gasteiger partial charge in [-0.1, -0.05) is 32.9 Å². The number of nitrogens with zero attached hydrogens (tertiary/aromatic N) is 3. The number of piperidine rings is 1. The molecule has 1 aliphatic heterocycles. The summed E-state index contributed by atoms with van der Waals surface area (Å²) in [6.45, 7) is 13.8. The molecule has 1 aromatic heterocycles. The second-order valence-electron chi connectivity index (χ2n) is 10.4. The number of aromatic nitrogens is 1. The molecule has 0 radical (unpaired) electrons. The molecule has 1 amide bonds. The van der Waals surface area contributed by atoms with Crippen molar-refractivity contribution in [1.82, 2.24) is 9.88 Å². The molecule has 0 spiro atoms. The predicted octanol–water partition coefficient (Wildman–Crippen LogP) is 4.28. The fourth-order valence-corrected chi connectivity index (χ4v) is 4.96. The minimum Gasteiger partial charge on any atom is -0.383 e. The number of carbonyl (C=O) groups is 1. The Hall–Kier alpha value is -2.60. The molecule has 2 heterocycles. The molecule has 1 saturated heterocycles. The summed E-state index contributed by atoms with van der Waals surface area (Å²) in [5.41, 5.74) is 3.22. The second kappa shape index (κ2) is 9.72. The maximum absolute atomic E-state index is 12.9. The summed E-state index contributed by atoms with van der Waals surface area (Å²) in [6.07, 6.45) is 1.92. The van der Waals surface area contributed by atoms with Crippen LogP contribution in [0.4, 0.5) is 11.5 Å². The van der Waals surface area contributed by atoms with Crippen LogP contribution in [0.3, 0.4) is 0 Å². The van der Waals surface area contributed by atoms with Gasteiger partial charge < -0.3 is 19.9 Å². The van der Waals surface area contributed by atoms with Crippen LogP contribution in [0.5, 0.6) is 0 Å². The Morgan fingerprint density at radius 2 is 1.85 bits per heavy atom. The van der Waals surface area contributed by atoms with Crippen molar-refractivity contribution in [2.45, 2.75) is 33.1 Å². The van der Waals surface area contributed by atoms with Crippen molar-refractivity contribution in [3.63, 3.8) is 0 Å². The molecule has 2 unspecified atom stereocenters. The van der Waals surface area contributed by atoms with Gasteiger partial charge >= 0.3 is 0 Å². The van der Waals surface area contributed by atoms with Gasteiger partial charge in [0.05, 0.1) is 18.5 Å². The lowest BCUT2D eigenvalue weighted by Crippen LogP contribution is -2.32. The van der Waals surface area contributed by atoms with Gasteiger partial charge in [-0.2, -0.15) is 0 Å². The number of ether oxygens (including phenoxy) is 1. The molecular weight excluding hydrogens is 412 g/mol. The minimum atomic E-state index is 0.103. The SMILES string of the molecule is CCN(CCOC)c1ccc(NCC2C3CN(C(=O)c4ccc(C(C)(C)C)cc4)CC23)cn1. The zero-order valence-electron chi connectivity index (χ0n) is 20.7. The number of fused-ring (bicyclic) bond motifs is 1. The Morgan fingerprint density at radius 1 is 1.15 bits per heavy atom. The van der Waals surface area contributed by atoms with E-state index in [2.05, 4.69) is 67.2 Å². The van der Waals surface area contributed by atoms with E-state index < -0.39 is 0 Å². The summed E-state index contributed by atoms with van der Waals surface area (Å²) >= 11 is 0. The summed E-state index contributed by atoms with van der Waals surface area (Å²) in [6, 6.07) is 12.3. The van der Waals surface area contributed by atoms with E-state index in [9.17, 15) is 4.79 Å². The topological polar surface area (TPSA) is 57.7 Å². The monoisotopic (exact) mass is 450 g/mol. The van der Waals surface area contributed by atoms with Crippen LogP contribution in [0.15, 0.2) is 42.6 Å². The van der Waals surface area contributed by atoms with Gasteiger partial charge in [0.1, 0.15) is 5.82 Å². The highest BCUT2D eigenvalue weighted by Crippen LogP contribution is 2.51. The van der Waals surface area contributed by atoms with Crippen molar-refractivity contribution in [1.29, 1.82) is 0 Å². The van der Waals surface area contributed by atoms with E-state index >= 15 is 0 Å². The summed E-state index contributed by atoms with van der Waals surface area (Å²) in [7, 11) is 1.72. The number of carbonyl (C=O) groups excluding carboxylic acids is 1. The molecular formula is C27H38N4O2. The molecule has 2 aromatic rings. The predicted molar refractivity (Wildman–Crippen MR) is 134 cm³/mol. The van der Waals surface area contributed by atoms with E-state index in [-0.39, 0.29) is 11.3 Å². The van der Waals surface area contributed by atoms with Crippen molar-refractivity contribution < 1.29 is 9.53 Å². The number of likely N-dealkylation sites (tertiary alicyclic amines) is 1. The van der Waals surface area contributed by atoms with Crippen molar-refractivity contribution in [3.05, 3.63) is 53.7 Å². The lowest BCUT2D eigenvalue weighted by Gasteiger charge is -2.22. The number of nitrogens with one attached hydrogen (secondary N) is 1. The number of hydrogen-bond donors (Lipinski definition) is 1. The lowest BCUT2D eigenvalue weighted by atomic mass is 9.86. The summed E-state index contributed by atoms with van der Waals surface area (Å²) < 4.78 is 5.19. The van der Waals surface area contributed by atoms with E-state index in [1.54, 1.807) is 7.11 Å². The van der Waals surface area contributed by atoms with Crippen LogP contribution < -0.4 is 10.2 Å². The van der Waals surface area contributed by atoms with E-state index in [0.29, 0.717) is 24.4 Å². The van der Waals surface area contributed by atoms with Crippen LogP contribution in [-0.4, -0.2) is 62.2 Å². The molecule has 33 heavy (non-hydrogen) atoms. The number of amides is 1. The fraction of sp³-hybridized carbons (Fsp3) is 0.556. The number of likely N-dealkylation sites (N-methyl/N-ethyl adjacent to an activating group) is 1. The van der Waals surface area contributed by atoms with Gasteiger partial charge in [-0.15, -0.1) is 0 Å². The highest BCUT2D eigenvalue weighted by molar-refractivity contribution is 5.94. The fourth-order valence-electron chi connectivity index (χ4n) is 4.96. The highest BCUT2D eigenvalue weighted by Gasteiger charge is 2.56. The Morgan fingerprint density at radius 3 is 2.39 bits per heavy atom. The van der Waals surface area contributed by atoms with Gasteiger partial charge in [-0.3, -0.25) is 4.79 Å². The average Bonchev–Trinajstić information content (AvgIpc) is 3.26. The maximum Gasteiger partial charge on any atom is 0.253 e. The first-order chi connectivity index (χ1) is 15.8. The molecule has 2 atom stereocenters. The molecule has 178 valence electrons. The van der Waals surface area contributed by atoms with Crippen LogP contribution in [0.2, 0.25) is 0 Å². The molecule has 1 aliphatic carbocycles. The van der Waals surface area contributed by atoms with Crippen LogP contribution >= 0.6 is 0 Å². The molecule has 1 N–H and O–H groups in total. The number of rotatable bonds is 9. The third-order valence-corrected chi connectivity index (χ3v) is 7.22. The molecule has 6 nitrogen and oxygen atoms in total. The first-order valence-electron chi connectivity index (χ1n) is 12.2. The molecule has 2 fully saturated rings. The van der Waals surface area contributed by atoms with E-state index in [4.69, 9.17) is 4.74 Å². The maximum atomic E-state index is 12.9. The van der Waals surface area contributed by atoms with E-state index in [0.717, 1.165) is 49.8 Å². The van der Waals surface area contributed by atoms with Crippen LogP contribution in [0, 0.1) is 17.8 Å². The molecule has 1 aromatic carbocycles. The smallest absolute Gasteiger partial charge is 0.253 e. The average molecular weight is 451 g/mol. The number of hydrogen-bond acceptors (Lipinski definition) is 5. The van der Waals surface area contributed by atoms with Gasteiger partial charge in [-0.25, -0.2) is 4.98 Å². The number of pyridine rings is 1. The molecule has 4 rings (SSSR count). The largest absolute Gasteiger partial charge is 0.383 e. The first kappa shape index (κ1) is 23.6. The quantitative estimate of drug-likeness (QED) is 0.618. The lowest BCUT2D eigenvalue weighted by molar-refractivity contribution is 0.0768. The zero-order valence-corrected chi connectivity index (χ0v) is 20.7. The molecule has 6 heteroatoms. The minimum absolute atomic E-state index is 0.103. The summed E-state index contributed by atoms with van der Waals surface area (Å²) in [5, 5.41) is 3.55. The molecule has 2 aliphatic rings. The van der Waals surface area contributed by atoms with Gasteiger partial charge in [-0.05, 0) is 59.9 Å². The van der Waals surface area contributed by atoms with Crippen LogP contribution in [0.1, 0.15) is 43.6 Å². The van der Waals surface area contributed by atoms with E-state index in [1.165, 1.54) is 5.56 Å². The normalized spacial score (nSPS) is 21.6. The van der Waals surface area contributed by atoms with E-state index in [1.807, 2.05) is 23.2 Å². The highest BCUT2D eigenvalue weighted by atomic mass is 16.5. The van der Waals surface area contributed by atoms with Gasteiger partial charge in [0.2, 0.25) is 0 Å². The number of methoxy groups -OCH3 is 1. The molecule has 1 saturated carbocycles.